The van der Waals surface area contributed by atoms with Crippen LogP contribution in [0.5, 0.6) is 0 Å². The third-order valence-corrected chi connectivity index (χ3v) is 2.99. The van der Waals surface area contributed by atoms with E-state index in [1.54, 1.807) is 17.6 Å². The van der Waals surface area contributed by atoms with Crippen molar-refractivity contribution in [2.45, 2.75) is 12.8 Å². The number of carbonyl (C=O) groups is 1. The van der Waals surface area contributed by atoms with Crippen LogP contribution in [0.2, 0.25) is 0 Å². The van der Waals surface area contributed by atoms with Gasteiger partial charge in [-0.15, -0.1) is 10.2 Å². The number of furan rings is 1. The van der Waals surface area contributed by atoms with Crippen molar-refractivity contribution in [3.05, 3.63) is 29.8 Å². The Morgan fingerprint density at radius 3 is 3.15 bits per heavy atom. The summed E-state index contributed by atoms with van der Waals surface area (Å²) in [6.45, 7) is 0. The Hall–Kier alpha value is -2.55. The average molecular weight is 291 g/mol. The average Bonchev–Trinajstić information content (AvgIpc) is 3.18. The lowest BCUT2D eigenvalue weighted by Crippen LogP contribution is -2.12. The Bertz CT molecular complexity index is 677. The second-order valence-corrected chi connectivity index (χ2v) is 4.61. The van der Waals surface area contributed by atoms with E-state index in [-0.39, 0.29) is 12.3 Å². The van der Waals surface area contributed by atoms with Gasteiger partial charge in [0.25, 0.3) is 0 Å². The van der Waals surface area contributed by atoms with Gasteiger partial charge in [0.15, 0.2) is 5.76 Å². The summed E-state index contributed by atoms with van der Waals surface area (Å²) in [6, 6.07) is 3.47. The molecule has 102 valence electrons. The number of anilines is 1. The molecule has 0 spiro atoms. The predicted octanol–water partition coefficient (Wildman–Crippen LogP) is 1.75. The van der Waals surface area contributed by atoms with Crippen LogP contribution in [0, 0.1) is 0 Å². The molecule has 0 aliphatic heterocycles. The van der Waals surface area contributed by atoms with E-state index in [9.17, 15) is 4.79 Å². The number of nitrogens with zero attached hydrogens (tertiary/aromatic N) is 4. The first-order valence-electron chi connectivity index (χ1n) is 5.74. The van der Waals surface area contributed by atoms with Crippen molar-refractivity contribution in [1.29, 1.82) is 0 Å². The summed E-state index contributed by atoms with van der Waals surface area (Å²) in [5.74, 6) is 1.09. The van der Waals surface area contributed by atoms with Crippen molar-refractivity contribution in [3.8, 4) is 11.6 Å². The molecule has 3 rings (SSSR count). The lowest BCUT2D eigenvalue weighted by molar-refractivity contribution is -0.116. The number of hydrogen-bond acceptors (Lipinski definition) is 8. The second kappa shape index (κ2) is 5.61. The number of carbonyl (C=O) groups excluding carboxylic acids is 1. The van der Waals surface area contributed by atoms with Crippen LogP contribution in [-0.4, -0.2) is 26.2 Å². The molecule has 0 aliphatic carbocycles. The smallest absolute Gasteiger partial charge is 0.238 e. The van der Waals surface area contributed by atoms with Gasteiger partial charge in [0, 0.05) is 12.8 Å². The van der Waals surface area contributed by atoms with E-state index >= 15 is 0 Å². The molecule has 3 aromatic heterocycles. The van der Waals surface area contributed by atoms with E-state index in [0.717, 1.165) is 0 Å². The second-order valence-electron chi connectivity index (χ2n) is 3.78. The molecular weight excluding hydrogens is 282 g/mol. The monoisotopic (exact) mass is 291 g/mol. The molecular formula is C11H9N5O3S. The van der Waals surface area contributed by atoms with E-state index in [1.165, 1.54) is 17.6 Å². The lowest BCUT2D eigenvalue weighted by atomic mass is 10.3. The first-order valence-corrected chi connectivity index (χ1v) is 6.62. The zero-order valence-corrected chi connectivity index (χ0v) is 11.0. The van der Waals surface area contributed by atoms with Crippen molar-refractivity contribution in [1.82, 2.24) is 20.3 Å². The van der Waals surface area contributed by atoms with Crippen LogP contribution in [0.1, 0.15) is 12.3 Å². The standard InChI is InChI=1S/C11H9N5O3S/c17-8(13-11-15-12-6-20-11)3-4-9-14-10(16-19-9)7-2-1-5-18-7/h1-2,5-6H,3-4H2,(H,13,15,17). The zero-order valence-electron chi connectivity index (χ0n) is 10.1. The highest BCUT2D eigenvalue weighted by atomic mass is 32.1. The predicted molar refractivity (Wildman–Crippen MR) is 68.9 cm³/mol. The quantitative estimate of drug-likeness (QED) is 0.763. The summed E-state index contributed by atoms with van der Waals surface area (Å²) in [5, 5.41) is 14.2. The molecule has 0 radical (unpaired) electrons. The maximum absolute atomic E-state index is 11.6. The molecule has 3 heterocycles. The highest BCUT2D eigenvalue weighted by Crippen LogP contribution is 2.16. The number of aromatic nitrogens is 4. The maximum atomic E-state index is 11.6. The first kappa shape index (κ1) is 12.5. The van der Waals surface area contributed by atoms with Gasteiger partial charge in [0.05, 0.1) is 6.26 Å². The molecule has 0 bridgehead atoms. The SMILES string of the molecule is O=C(CCc1nc(-c2ccco2)no1)Nc1nncs1. The Labute approximate surface area is 116 Å². The Balaban J connectivity index is 1.55. The summed E-state index contributed by atoms with van der Waals surface area (Å²) in [7, 11) is 0. The van der Waals surface area contributed by atoms with E-state index in [0.29, 0.717) is 29.0 Å². The normalized spacial score (nSPS) is 10.6. The van der Waals surface area contributed by atoms with Crippen molar-refractivity contribution < 1.29 is 13.7 Å². The van der Waals surface area contributed by atoms with Crippen LogP contribution in [-0.2, 0) is 11.2 Å². The molecule has 20 heavy (non-hydrogen) atoms. The largest absolute Gasteiger partial charge is 0.461 e. The lowest BCUT2D eigenvalue weighted by Gasteiger charge is -1.97. The van der Waals surface area contributed by atoms with E-state index in [1.807, 2.05) is 0 Å². The minimum absolute atomic E-state index is 0.181. The number of hydrogen-bond donors (Lipinski definition) is 1. The van der Waals surface area contributed by atoms with Crippen LogP contribution in [0.15, 0.2) is 32.8 Å². The topological polar surface area (TPSA) is 107 Å². The number of aryl methyl sites for hydroxylation is 1. The first-order chi connectivity index (χ1) is 9.81. The van der Waals surface area contributed by atoms with Crippen LogP contribution in [0.25, 0.3) is 11.6 Å². The van der Waals surface area contributed by atoms with Gasteiger partial charge in [-0.25, -0.2) is 0 Å². The molecule has 3 aromatic rings. The van der Waals surface area contributed by atoms with Gasteiger partial charge in [0.1, 0.15) is 5.51 Å². The minimum Gasteiger partial charge on any atom is -0.461 e. The molecule has 0 aromatic carbocycles. The fourth-order valence-electron chi connectivity index (χ4n) is 1.49. The number of rotatable bonds is 5. The van der Waals surface area contributed by atoms with Crippen LogP contribution in [0.3, 0.4) is 0 Å². The summed E-state index contributed by atoms with van der Waals surface area (Å²) in [4.78, 5) is 15.8. The highest BCUT2D eigenvalue weighted by Gasteiger charge is 2.12. The minimum atomic E-state index is -0.181. The van der Waals surface area contributed by atoms with Gasteiger partial charge in [-0.2, -0.15) is 4.98 Å². The molecule has 9 heteroatoms. The molecule has 1 amide bonds. The van der Waals surface area contributed by atoms with Gasteiger partial charge >= 0.3 is 0 Å². The molecule has 0 atom stereocenters. The number of amides is 1. The Kier molecular flexibility index (Phi) is 3.50. The zero-order chi connectivity index (χ0) is 13.8. The molecule has 0 saturated heterocycles. The summed E-state index contributed by atoms with van der Waals surface area (Å²) >= 11 is 1.26. The van der Waals surface area contributed by atoms with Crippen LogP contribution in [0.4, 0.5) is 5.13 Å². The molecule has 0 aliphatic rings. The van der Waals surface area contributed by atoms with Crippen LogP contribution < -0.4 is 5.32 Å². The van der Waals surface area contributed by atoms with Crippen molar-refractivity contribution in [2.24, 2.45) is 0 Å². The number of nitrogens with one attached hydrogen (secondary N) is 1. The Morgan fingerprint density at radius 2 is 2.40 bits per heavy atom. The van der Waals surface area contributed by atoms with Crippen molar-refractivity contribution >= 4 is 22.4 Å². The van der Waals surface area contributed by atoms with E-state index in [4.69, 9.17) is 8.94 Å². The highest BCUT2D eigenvalue weighted by molar-refractivity contribution is 7.13. The van der Waals surface area contributed by atoms with Gasteiger partial charge in [-0.05, 0) is 12.1 Å². The fourth-order valence-corrected chi connectivity index (χ4v) is 1.95. The maximum Gasteiger partial charge on any atom is 0.238 e. The molecule has 8 nitrogen and oxygen atoms in total. The molecule has 0 saturated carbocycles. The fraction of sp³-hybridized carbons (Fsp3) is 0.182. The molecule has 1 N–H and O–H groups in total. The Morgan fingerprint density at radius 1 is 1.45 bits per heavy atom. The summed E-state index contributed by atoms with van der Waals surface area (Å²) in [6.07, 6.45) is 2.10. The van der Waals surface area contributed by atoms with E-state index in [2.05, 4.69) is 25.7 Å². The van der Waals surface area contributed by atoms with Gasteiger partial charge in [0.2, 0.25) is 22.8 Å². The summed E-state index contributed by atoms with van der Waals surface area (Å²) < 4.78 is 10.2. The van der Waals surface area contributed by atoms with Gasteiger partial charge in [-0.3, -0.25) is 4.79 Å². The van der Waals surface area contributed by atoms with Gasteiger partial charge in [-0.1, -0.05) is 16.5 Å². The van der Waals surface area contributed by atoms with E-state index < -0.39 is 0 Å². The molecule has 0 unspecified atom stereocenters. The van der Waals surface area contributed by atoms with Crippen molar-refractivity contribution in [3.63, 3.8) is 0 Å². The van der Waals surface area contributed by atoms with Gasteiger partial charge < -0.3 is 14.3 Å². The van der Waals surface area contributed by atoms with Crippen molar-refractivity contribution in [2.75, 3.05) is 5.32 Å². The third-order valence-electron chi connectivity index (χ3n) is 2.38. The van der Waals surface area contributed by atoms with Crippen LogP contribution >= 0.6 is 11.3 Å². The molecule has 0 fully saturated rings. The third kappa shape index (κ3) is 2.88. The summed E-state index contributed by atoms with van der Waals surface area (Å²) in [5.41, 5.74) is 1.54.